The standard InChI is InChI=1S/C17H28N2O/c1-3-5-14-20-17-8-6-16(7-9-17)15-19-12-10-18(4-2)11-13-19/h6-9H,3-5,10-15H2,1-2H3/p+2. The van der Waals surface area contributed by atoms with Crippen LogP contribution in [0.5, 0.6) is 5.75 Å². The van der Waals surface area contributed by atoms with Crippen LogP contribution in [0.4, 0.5) is 0 Å². The van der Waals surface area contributed by atoms with E-state index in [1.54, 1.807) is 9.80 Å². The van der Waals surface area contributed by atoms with Gasteiger partial charge < -0.3 is 14.5 Å². The molecule has 0 aromatic heterocycles. The van der Waals surface area contributed by atoms with Gasteiger partial charge in [-0.05, 0) is 37.6 Å². The number of hydrogen-bond donors (Lipinski definition) is 2. The first-order chi connectivity index (χ1) is 9.81. The van der Waals surface area contributed by atoms with Crippen molar-refractivity contribution in [2.24, 2.45) is 0 Å². The van der Waals surface area contributed by atoms with Crippen LogP contribution in [0.25, 0.3) is 0 Å². The van der Waals surface area contributed by atoms with Crippen LogP contribution >= 0.6 is 0 Å². The topological polar surface area (TPSA) is 18.1 Å². The van der Waals surface area contributed by atoms with Crippen LogP contribution in [0.2, 0.25) is 0 Å². The van der Waals surface area contributed by atoms with Gasteiger partial charge in [0, 0.05) is 5.56 Å². The first kappa shape index (κ1) is 15.3. The smallest absolute Gasteiger partial charge is 0.127 e. The second-order valence-corrected chi connectivity index (χ2v) is 5.88. The lowest BCUT2D eigenvalue weighted by Crippen LogP contribution is -3.27. The van der Waals surface area contributed by atoms with Crippen molar-refractivity contribution in [3.05, 3.63) is 29.8 Å². The number of hydrogen-bond acceptors (Lipinski definition) is 1. The van der Waals surface area contributed by atoms with E-state index in [0.29, 0.717) is 0 Å². The molecule has 0 spiro atoms. The summed E-state index contributed by atoms with van der Waals surface area (Å²) in [6.07, 6.45) is 2.32. The van der Waals surface area contributed by atoms with E-state index in [0.717, 1.165) is 25.3 Å². The number of benzene rings is 1. The van der Waals surface area contributed by atoms with E-state index in [1.807, 2.05) is 0 Å². The van der Waals surface area contributed by atoms with Crippen molar-refractivity contribution in [3.63, 3.8) is 0 Å². The molecular formula is C17H30N2O+2. The van der Waals surface area contributed by atoms with E-state index < -0.39 is 0 Å². The maximum atomic E-state index is 5.71. The molecule has 112 valence electrons. The van der Waals surface area contributed by atoms with Gasteiger partial charge in [0.25, 0.3) is 0 Å². The summed E-state index contributed by atoms with van der Waals surface area (Å²) < 4.78 is 5.71. The lowest BCUT2D eigenvalue weighted by atomic mass is 10.2. The van der Waals surface area contributed by atoms with Crippen LogP contribution in [0.15, 0.2) is 24.3 Å². The average molecular weight is 278 g/mol. The van der Waals surface area contributed by atoms with Crippen LogP contribution < -0.4 is 14.5 Å². The molecule has 1 aliphatic heterocycles. The van der Waals surface area contributed by atoms with Gasteiger partial charge >= 0.3 is 0 Å². The van der Waals surface area contributed by atoms with Gasteiger partial charge in [0.2, 0.25) is 0 Å². The zero-order chi connectivity index (χ0) is 14.2. The molecule has 20 heavy (non-hydrogen) atoms. The second kappa shape index (κ2) is 8.28. The van der Waals surface area contributed by atoms with Gasteiger partial charge in [-0.15, -0.1) is 0 Å². The van der Waals surface area contributed by atoms with E-state index in [2.05, 4.69) is 38.1 Å². The van der Waals surface area contributed by atoms with Crippen molar-refractivity contribution in [2.75, 3.05) is 39.3 Å². The van der Waals surface area contributed by atoms with E-state index in [-0.39, 0.29) is 0 Å². The van der Waals surface area contributed by atoms with Crippen molar-refractivity contribution >= 4 is 0 Å². The highest BCUT2D eigenvalue weighted by Crippen LogP contribution is 2.12. The summed E-state index contributed by atoms with van der Waals surface area (Å²) in [5.74, 6) is 1.01. The van der Waals surface area contributed by atoms with Gasteiger partial charge in [-0.3, -0.25) is 0 Å². The van der Waals surface area contributed by atoms with Gasteiger partial charge in [-0.1, -0.05) is 13.3 Å². The summed E-state index contributed by atoms with van der Waals surface area (Å²) in [7, 11) is 0. The van der Waals surface area contributed by atoms with Gasteiger partial charge in [-0.2, -0.15) is 0 Å². The van der Waals surface area contributed by atoms with Crippen LogP contribution in [0.3, 0.4) is 0 Å². The fourth-order valence-electron chi connectivity index (χ4n) is 2.81. The predicted octanol–water partition coefficient (Wildman–Crippen LogP) is 0.169. The Morgan fingerprint density at radius 3 is 2.20 bits per heavy atom. The second-order valence-electron chi connectivity index (χ2n) is 5.88. The third-order valence-electron chi connectivity index (χ3n) is 4.31. The number of ether oxygens (including phenoxy) is 1. The van der Waals surface area contributed by atoms with Crippen LogP contribution in [0.1, 0.15) is 32.3 Å². The molecule has 3 heteroatoms. The largest absolute Gasteiger partial charge is 0.494 e. The number of unbranched alkanes of at least 4 members (excludes halogenated alkanes) is 1. The molecule has 1 heterocycles. The minimum Gasteiger partial charge on any atom is -0.494 e. The van der Waals surface area contributed by atoms with Crippen molar-refractivity contribution in [2.45, 2.75) is 33.2 Å². The first-order valence-electron chi connectivity index (χ1n) is 8.20. The van der Waals surface area contributed by atoms with Crippen molar-refractivity contribution < 1.29 is 14.5 Å². The van der Waals surface area contributed by atoms with Gasteiger partial charge in [0.05, 0.1) is 13.2 Å². The molecule has 0 atom stereocenters. The predicted molar refractivity (Wildman–Crippen MR) is 82.5 cm³/mol. The van der Waals surface area contributed by atoms with Crippen LogP contribution in [-0.4, -0.2) is 39.3 Å². The maximum Gasteiger partial charge on any atom is 0.127 e. The lowest BCUT2D eigenvalue weighted by molar-refractivity contribution is -1.02. The molecule has 0 amide bonds. The van der Waals surface area contributed by atoms with Gasteiger partial charge in [0.1, 0.15) is 38.5 Å². The van der Waals surface area contributed by atoms with Crippen molar-refractivity contribution in [3.8, 4) is 5.75 Å². The monoisotopic (exact) mass is 278 g/mol. The fourth-order valence-corrected chi connectivity index (χ4v) is 2.81. The number of likely N-dealkylation sites (N-methyl/N-ethyl adjacent to an activating group) is 1. The summed E-state index contributed by atoms with van der Waals surface area (Å²) in [4.78, 5) is 3.48. The zero-order valence-electron chi connectivity index (χ0n) is 13.1. The molecule has 1 fully saturated rings. The minimum absolute atomic E-state index is 0.836. The highest BCUT2D eigenvalue weighted by molar-refractivity contribution is 5.26. The SMILES string of the molecule is CCCCOc1ccc(C[NH+]2CC[NH+](CC)CC2)cc1. The molecule has 0 aliphatic carbocycles. The third-order valence-corrected chi connectivity index (χ3v) is 4.31. The Labute approximate surface area is 123 Å². The Morgan fingerprint density at radius 2 is 1.60 bits per heavy atom. The molecule has 2 rings (SSSR count). The molecule has 1 aromatic rings. The summed E-state index contributed by atoms with van der Waals surface area (Å²) in [6, 6.07) is 8.70. The third kappa shape index (κ3) is 4.80. The van der Waals surface area contributed by atoms with E-state index in [1.165, 1.54) is 44.7 Å². The normalized spacial score (nSPS) is 22.7. The van der Waals surface area contributed by atoms with Crippen molar-refractivity contribution in [1.82, 2.24) is 0 Å². The molecule has 1 aliphatic rings. The van der Waals surface area contributed by atoms with E-state index in [9.17, 15) is 0 Å². The zero-order valence-corrected chi connectivity index (χ0v) is 13.1. The van der Waals surface area contributed by atoms with Gasteiger partial charge in [0.15, 0.2) is 0 Å². The highest BCUT2D eigenvalue weighted by atomic mass is 16.5. The molecule has 3 nitrogen and oxygen atoms in total. The Kier molecular flexibility index (Phi) is 6.34. The summed E-state index contributed by atoms with van der Waals surface area (Å²) in [5.41, 5.74) is 1.43. The van der Waals surface area contributed by atoms with E-state index >= 15 is 0 Å². The van der Waals surface area contributed by atoms with E-state index in [4.69, 9.17) is 4.74 Å². The molecule has 1 saturated heterocycles. The molecule has 0 bridgehead atoms. The van der Waals surface area contributed by atoms with Crippen LogP contribution in [-0.2, 0) is 6.54 Å². The lowest BCUT2D eigenvalue weighted by Gasteiger charge is -2.29. The molecule has 2 N–H and O–H groups in total. The molecule has 0 radical (unpaired) electrons. The summed E-state index contributed by atoms with van der Waals surface area (Å²) in [5, 5.41) is 0. The fraction of sp³-hybridized carbons (Fsp3) is 0.647. The molecular weight excluding hydrogens is 248 g/mol. The average Bonchev–Trinajstić information content (AvgIpc) is 2.50. The highest BCUT2D eigenvalue weighted by Gasteiger charge is 2.21. The Hall–Kier alpha value is -1.06. The Bertz CT molecular complexity index is 369. The van der Waals surface area contributed by atoms with Gasteiger partial charge in [-0.25, -0.2) is 0 Å². The van der Waals surface area contributed by atoms with Crippen molar-refractivity contribution in [1.29, 1.82) is 0 Å². The summed E-state index contributed by atoms with van der Waals surface area (Å²) in [6.45, 7) is 13.0. The Morgan fingerprint density at radius 1 is 0.950 bits per heavy atom. The first-order valence-corrected chi connectivity index (χ1v) is 8.20. The van der Waals surface area contributed by atoms with Crippen LogP contribution in [0, 0.1) is 0 Å². The number of piperazine rings is 1. The summed E-state index contributed by atoms with van der Waals surface area (Å²) >= 11 is 0. The molecule has 0 saturated carbocycles. The number of rotatable bonds is 7. The number of nitrogens with one attached hydrogen (secondary N) is 2. The Balaban J connectivity index is 1.76. The molecule has 1 aromatic carbocycles. The minimum atomic E-state index is 0.836. The maximum absolute atomic E-state index is 5.71. The molecule has 0 unspecified atom stereocenters. The number of quaternary nitrogens is 2. The quantitative estimate of drug-likeness (QED) is 0.681.